The van der Waals surface area contributed by atoms with Crippen molar-refractivity contribution in [2.45, 2.75) is 0 Å². The molecule has 0 radical (unpaired) electrons. The number of hydrogen-bond acceptors (Lipinski definition) is 4. The summed E-state index contributed by atoms with van der Waals surface area (Å²) >= 11 is 0. The second kappa shape index (κ2) is 9.99. The largest absolute Gasteiger partial charge is 0.455 e. The monoisotopic (exact) mass is 603 g/mol. The fraction of sp³-hybridized carbons (Fsp3) is 0. The molecule has 5 aromatic carbocycles. The number of pyridine rings is 2. The van der Waals surface area contributed by atoms with Gasteiger partial charge in [-0.15, -0.1) is 0 Å². The van der Waals surface area contributed by atoms with Crippen molar-refractivity contribution in [2.75, 3.05) is 0 Å². The maximum Gasteiger partial charge on any atom is 0.147 e. The molecular weight excluding hydrogens is 578 g/mol. The van der Waals surface area contributed by atoms with Crippen LogP contribution in [0.5, 0.6) is 0 Å². The Morgan fingerprint density at radius 2 is 1.28 bits per heavy atom. The third kappa shape index (κ3) is 3.82. The van der Waals surface area contributed by atoms with Crippen LogP contribution in [-0.2, 0) is 0 Å². The lowest BCUT2D eigenvalue weighted by atomic mass is 10.0. The minimum atomic E-state index is 0.819. The lowest BCUT2D eigenvalue weighted by molar-refractivity contribution is 0.670. The van der Waals surface area contributed by atoms with Crippen molar-refractivity contribution in [1.82, 2.24) is 24.1 Å². The van der Waals surface area contributed by atoms with E-state index in [1.807, 2.05) is 48.7 Å². The second-order valence-electron chi connectivity index (χ2n) is 11.7. The summed E-state index contributed by atoms with van der Waals surface area (Å²) in [5.74, 6) is 1.65. The van der Waals surface area contributed by atoms with Crippen LogP contribution in [0.15, 0.2) is 156 Å². The highest BCUT2D eigenvalue weighted by atomic mass is 16.3. The zero-order chi connectivity index (χ0) is 30.9. The van der Waals surface area contributed by atoms with E-state index in [0.717, 1.165) is 88.8 Å². The molecule has 0 unspecified atom stereocenters. The van der Waals surface area contributed by atoms with Crippen LogP contribution in [0.3, 0.4) is 0 Å². The highest BCUT2D eigenvalue weighted by molar-refractivity contribution is 6.20. The minimum Gasteiger partial charge on any atom is -0.455 e. The molecule has 220 valence electrons. The average Bonchev–Trinajstić information content (AvgIpc) is 3.82. The van der Waals surface area contributed by atoms with Gasteiger partial charge in [0, 0.05) is 56.9 Å². The van der Waals surface area contributed by atoms with Crippen LogP contribution in [0.25, 0.3) is 88.8 Å². The number of fused-ring (bicyclic) bond motifs is 8. The van der Waals surface area contributed by atoms with Crippen molar-refractivity contribution in [2.24, 2.45) is 0 Å². The topological polar surface area (TPSA) is 61.7 Å². The summed E-state index contributed by atoms with van der Waals surface area (Å²) in [4.78, 5) is 14.3. The summed E-state index contributed by atoms with van der Waals surface area (Å²) < 4.78 is 10.8. The molecule has 10 rings (SSSR count). The average molecular weight is 604 g/mol. The normalized spacial score (nSPS) is 11.8. The number of benzene rings is 5. The summed E-state index contributed by atoms with van der Waals surface area (Å²) in [6, 6.07) is 46.3. The van der Waals surface area contributed by atoms with Crippen LogP contribution in [0.2, 0.25) is 0 Å². The molecule has 0 bridgehead atoms. The Bertz CT molecular complexity index is 2770. The first kappa shape index (κ1) is 25.8. The fourth-order valence-electron chi connectivity index (χ4n) is 7.05. The summed E-state index contributed by atoms with van der Waals surface area (Å²) in [6.45, 7) is 0. The molecule has 0 aliphatic heterocycles. The summed E-state index contributed by atoms with van der Waals surface area (Å²) in [7, 11) is 0. The first-order chi connectivity index (χ1) is 23.3. The summed E-state index contributed by atoms with van der Waals surface area (Å²) in [6.07, 6.45) is 5.43. The Morgan fingerprint density at radius 1 is 0.511 bits per heavy atom. The first-order valence-corrected chi connectivity index (χ1v) is 15.6. The van der Waals surface area contributed by atoms with Crippen LogP contribution >= 0.6 is 0 Å². The van der Waals surface area contributed by atoms with E-state index in [1.165, 1.54) is 0 Å². The number of imidazole rings is 1. The third-order valence-electron chi connectivity index (χ3n) is 9.12. The van der Waals surface area contributed by atoms with E-state index in [0.29, 0.717) is 0 Å². The van der Waals surface area contributed by atoms with Crippen LogP contribution in [0.4, 0.5) is 0 Å². The minimum absolute atomic E-state index is 0.819. The molecule has 47 heavy (non-hydrogen) atoms. The van der Waals surface area contributed by atoms with E-state index >= 15 is 0 Å². The maximum absolute atomic E-state index is 6.35. The molecule has 0 saturated carbocycles. The zero-order valence-corrected chi connectivity index (χ0v) is 25.1. The molecule has 5 heterocycles. The number of furan rings is 1. The predicted octanol–water partition coefficient (Wildman–Crippen LogP) is 10.1. The van der Waals surface area contributed by atoms with Gasteiger partial charge in [-0.3, -0.25) is 9.55 Å². The Balaban J connectivity index is 1.19. The van der Waals surface area contributed by atoms with Gasteiger partial charge in [-0.2, -0.15) is 0 Å². The second-order valence-corrected chi connectivity index (χ2v) is 11.7. The Morgan fingerprint density at radius 3 is 2.13 bits per heavy atom. The lowest BCUT2D eigenvalue weighted by Gasteiger charge is -2.10. The van der Waals surface area contributed by atoms with Crippen molar-refractivity contribution in [3.63, 3.8) is 0 Å². The zero-order valence-electron chi connectivity index (χ0n) is 25.1. The standard InChI is InChI=1S/C41H25N5O/c1-3-12-33-32(9-1)38-34(19-20-35-39(38)44-41(27-21-24-42-25-22-27)46(35)37-14-5-6-23-43-37)45(33)28-17-15-26(16-18-28)29-10-7-11-31-30-8-2-4-13-36(30)47-40(29)31/h1-25H. The number of hydrogen-bond donors (Lipinski definition) is 0. The Kier molecular flexibility index (Phi) is 5.48. The van der Waals surface area contributed by atoms with Gasteiger partial charge in [0.05, 0.1) is 22.1 Å². The van der Waals surface area contributed by atoms with Crippen molar-refractivity contribution in [3.05, 3.63) is 152 Å². The van der Waals surface area contributed by atoms with E-state index in [2.05, 4.69) is 105 Å². The Labute approximate surface area is 268 Å². The van der Waals surface area contributed by atoms with Gasteiger partial charge in [0.25, 0.3) is 0 Å². The van der Waals surface area contributed by atoms with E-state index in [4.69, 9.17) is 14.4 Å². The van der Waals surface area contributed by atoms with Crippen molar-refractivity contribution >= 4 is 54.8 Å². The van der Waals surface area contributed by atoms with Crippen LogP contribution in [0, 0.1) is 0 Å². The summed E-state index contributed by atoms with van der Waals surface area (Å²) in [5.41, 5.74) is 10.2. The van der Waals surface area contributed by atoms with Gasteiger partial charge in [-0.25, -0.2) is 9.97 Å². The molecular formula is C41H25N5O. The molecule has 0 atom stereocenters. The van der Waals surface area contributed by atoms with Gasteiger partial charge < -0.3 is 8.98 Å². The van der Waals surface area contributed by atoms with Gasteiger partial charge >= 0.3 is 0 Å². The fourth-order valence-corrected chi connectivity index (χ4v) is 7.05. The van der Waals surface area contributed by atoms with Crippen LogP contribution in [0.1, 0.15) is 0 Å². The Hall–Kier alpha value is -6.53. The molecule has 0 spiro atoms. The van der Waals surface area contributed by atoms with E-state index in [-0.39, 0.29) is 0 Å². The van der Waals surface area contributed by atoms with E-state index in [9.17, 15) is 0 Å². The molecule has 0 fully saturated rings. The molecule has 5 aromatic heterocycles. The highest BCUT2D eigenvalue weighted by Gasteiger charge is 2.21. The number of nitrogens with zero attached hydrogens (tertiary/aromatic N) is 5. The van der Waals surface area contributed by atoms with Gasteiger partial charge in [0.1, 0.15) is 22.8 Å². The molecule has 0 amide bonds. The van der Waals surface area contributed by atoms with Crippen molar-refractivity contribution in [3.8, 4) is 34.0 Å². The van der Waals surface area contributed by atoms with Crippen molar-refractivity contribution in [1.29, 1.82) is 0 Å². The molecule has 10 aromatic rings. The summed E-state index contributed by atoms with van der Waals surface area (Å²) in [5, 5.41) is 4.52. The maximum atomic E-state index is 6.35. The van der Waals surface area contributed by atoms with E-state index < -0.39 is 0 Å². The lowest BCUT2D eigenvalue weighted by Crippen LogP contribution is -1.99. The molecule has 6 heteroatoms. The van der Waals surface area contributed by atoms with Crippen LogP contribution in [-0.4, -0.2) is 24.1 Å². The van der Waals surface area contributed by atoms with Gasteiger partial charge in [-0.1, -0.05) is 72.8 Å². The molecule has 0 aliphatic carbocycles. The number of aromatic nitrogens is 5. The molecule has 6 nitrogen and oxygen atoms in total. The molecule has 0 saturated heterocycles. The van der Waals surface area contributed by atoms with Crippen molar-refractivity contribution < 1.29 is 4.42 Å². The number of rotatable bonds is 4. The van der Waals surface area contributed by atoms with Gasteiger partial charge in [0.15, 0.2) is 0 Å². The number of para-hydroxylation sites is 3. The quantitative estimate of drug-likeness (QED) is 0.201. The van der Waals surface area contributed by atoms with E-state index in [1.54, 1.807) is 12.4 Å². The molecule has 0 aliphatic rings. The van der Waals surface area contributed by atoms with Crippen LogP contribution < -0.4 is 0 Å². The van der Waals surface area contributed by atoms with Gasteiger partial charge in [0.2, 0.25) is 0 Å². The smallest absolute Gasteiger partial charge is 0.147 e. The first-order valence-electron chi connectivity index (χ1n) is 15.6. The highest BCUT2D eigenvalue weighted by Crippen LogP contribution is 2.40. The SMILES string of the molecule is c1ccc(-n2c(-c3ccncc3)nc3c4c5ccccc5n(-c5ccc(-c6cccc7c6oc6ccccc67)cc5)c4ccc32)nc1. The third-order valence-corrected chi connectivity index (χ3v) is 9.12. The van der Waals surface area contributed by atoms with Gasteiger partial charge in [-0.05, 0) is 66.2 Å². The predicted molar refractivity (Wildman–Crippen MR) is 189 cm³/mol. The molecule has 0 N–H and O–H groups in total.